The normalized spacial score (nSPS) is 10.7. The SMILES string of the molecule is Cc1ccc(Oc2cc3occc3c(=O)o2)cc1. The van der Waals surface area contributed by atoms with Crippen molar-refractivity contribution in [1.29, 1.82) is 0 Å². The van der Waals surface area contributed by atoms with Gasteiger partial charge in [-0.25, -0.2) is 4.79 Å². The Hall–Kier alpha value is -2.49. The molecule has 0 spiro atoms. The van der Waals surface area contributed by atoms with E-state index in [1.54, 1.807) is 12.1 Å². The fraction of sp³-hybridized carbons (Fsp3) is 0.0714. The molecule has 0 aliphatic carbocycles. The van der Waals surface area contributed by atoms with Crippen LogP contribution in [0.4, 0.5) is 0 Å². The summed E-state index contributed by atoms with van der Waals surface area (Å²) in [4.78, 5) is 11.6. The summed E-state index contributed by atoms with van der Waals surface area (Å²) in [5.74, 6) is 0.723. The molecule has 0 aliphatic heterocycles. The highest BCUT2D eigenvalue weighted by molar-refractivity contribution is 5.75. The first kappa shape index (κ1) is 10.7. The summed E-state index contributed by atoms with van der Waals surface area (Å²) in [6, 6.07) is 10.6. The number of fused-ring (bicyclic) bond motifs is 1. The molecule has 0 amide bonds. The highest BCUT2D eigenvalue weighted by Gasteiger charge is 2.08. The molecule has 0 aliphatic rings. The summed E-state index contributed by atoms with van der Waals surface area (Å²) < 4.78 is 15.7. The molecule has 1 aromatic carbocycles. The van der Waals surface area contributed by atoms with E-state index in [-0.39, 0.29) is 5.95 Å². The highest BCUT2D eigenvalue weighted by Crippen LogP contribution is 2.23. The van der Waals surface area contributed by atoms with Gasteiger partial charge >= 0.3 is 5.63 Å². The Morgan fingerprint density at radius 2 is 1.89 bits per heavy atom. The molecule has 0 atom stereocenters. The molecule has 0 saturated carbocycles. The molecule has 4 nitrogen and oxygen atoms in total. The number of hydrogen-bond acceptors (Lipinski definition) is 4. The van der Waals surface area contributed by atoms with Crippen molar-refractivity contribution >= 4 is 11.0 Å². The number of hydrogen-bond donors (Lipinski definition) is 0. The summed E-state index contributed by atoms with van der Waals surface area (Å²) >= 11 is 0. The summed E-state index contributed by atoms with van der Waals surface area (Å²) in [7, 11) is 0. The van der Waals surface area contributed by atoms with Crippen LogP contribution in [0.15, 0.2) is 56.3 Å². The van der Waals surface area contributed by atoms with Crippen LogP contribution in [0, 0.1) is 6.92 Å². The van der Waals surface area contributed by atoms with Crippen LogP contribution in [0.1, 0.15) is 5.56 Å². The summed E-state index contributed by atoms with van der Waals surface area (Å²) in [6.45, 7) is 1.98. The molecule has 3 aromatic rings. The van der Waals surface area contributed by atoms with Crippen molar-refractivity contribution in [2.75, 3.05) is 0 Å². The first-order valence-corrected chi connectivity index (χ1v) is 5.48. The number of furan rings is 1. The van der Waals surface area contributed by atoms with E-state index in [1.165, 1.54) is 6.26 Å². The lowest BCUT2D eigenvalue weighted by atomic mass is 10.2. The minimum Gasteiger partial charge on any atom is -0.464 e. The van der Waals surface area contributed by atoms with Crippen LogP contribution < -0.4 is 10.4 Å². The van der Waals surface area contributed by atoms with Crippen molar-refractivity contribution in [2.24, 2.45) is 0 Å². The minimum atomic E-state index is -0.469. The second kappa shape index (κ2) is 4.07. The smallest absolute Gasteiger partial charge is 0.349 e. The lowest BCUT2D eigenvalue weighted by Gasteiger charge is -2.03. The van der Waals surface area contributed by atoms with Crippen molar-refractivity contribution in [3.05, 3.63) is 58.6 Å². The molecule has 0 saturated heterocycles. The van der Waals surface area contributed by atoms with Crippen LogP contribution in [-0.4, -0.2) is 0 Å². The molecule has 90 valence electrons. The second-order valence-corrected chi connectivity index (χ2v) is 3.97. The van der Waals surface area contributed by atoms with Crippen molar-refractivity contribution < 1.29 is 13.6 Å². The van der Waals surface area contributed by atoms with Crippen LogP contribution in [0.25, 0.3) is 11.0 Å². The van der Waals surface area contributed by atoms with E-state index in [9.17, 15) is 4.79 Å². The first-order chi connectivity index (χ1) is 8.72. The van der Waals surface area contributed by atoms with Crippen molar-refractivity contribution in [3.8, 4) is 11.7 Å². The third kappa shape index (κ3) is 1.88. The van der Waals surface area contributed by atoms with Gasteiger partial charge in [-0.1, -0.05) is 17.7 Å². The van der Waals surface area contributed by atoms with Crippen LogP contribution in [0.2, 0.25) is 0 Å². The number of ether oxygens (including phenoxy) is 1. The molecule has 18 heavy (non-hydrogen) atoms. The van der Waals surface area contributed by atoms with Gasteiger partial charge < -0.3 is 13.6 Å². The van der Waals surface area contributed by atoms with E-state index in [0.29, 0.717) is 16.7 Å². The Bertz CT molecular complexity index is 734. The molecule has 0 fully saturated rings. The molecule has 0 unspecified atom stereocenters. The molecule has 4 heteroatoms. The first-order valence-electron chi connectivity index (χ1n) is 5.48. The molecular weight excluding hydrogens is 232 g/mol. The predicted octanol–water partition coefficient (Wildman–Crippen LogP) is 3.49. The zero-order valence-corrected chi connectivity index (χ0v) is 9.67. The van der Waals surface area contributed by atoms with E-state index < -0.39 is 5.63 Å². The molecule has 0 N–H and O–H groups in total. The monoisotopic (exact) mass is 242 g/mol. The van der Waals surface area contributed by atoms with E-state index >= 15 is 0 Å². The van der Waals surface area contributed by atoms with Gasteiger partial charge in [-0.2, -0.15) is 0 Å². The van der Waals surface area contributed by atoms with Crippen molar-refractivity contribution in [1.82, 2.24) is 0 Å². The molecule has 2 heterocycles. The Morgan fingerprint density at radius 1 is 1.11 bits per heavy atom. The van der Waals surface area contributed by atoms with Gasteiger partial charge in [0.2, 0.25) is 0 Å². The van der Waals surface area contributed by atoms with Gasteiger partial charge in [-0.15, -0.1) is 0 Å². The number of aryl methyl sites for hydroxylation is 1. The lowest BCUT2D eigenvalue weighted by molar-refractivity contribution is 0.326. The Balaban J connectivity index is 1.99. The Morgan fingerprint density at radius 3 is 2.67 bits per heavy atom. The number of rotatable bonds is 2. The quantitative estimate of drug-likeness (QED) is 0.690. The van der Waals surface area contributed by atoms with Crippen LogP contribution >= 0.6 is 0 Å². The van der Waals surface area contributed by atoms with Gasteiger partial charge in [0.25, 0.3) is 5.95 Å². The van der Waals surface area contributed by atoms with Crippen LogP contribution in [0.5, 0.6) is 11.7 Å². The van der Waals surface area contributed by atoms with Crippen molar-refractivity contribution in [3.63, 3.8) is 0 Å². The molecule has 3 rings (SSSR count). The molecule has 2 aromatic heterocycles. The van der Waals surface area contributed by atoms with E-state index in [2.05, 4.69) is 0 Å². The minimum absolute atomic E-state index is 0.117. The Labute approximate surface area is 102 Å². The zero-order chi connectivity index (χ0) is 12.5. The van der Waals surface area contributed by atoms with Crippen LogP contribution in [0.3, 0.4) is 0 Å². The van der Waals surface area contributed by atoms with E-state index in [4.69, 9.17) is 13.6 Å². The van der Waals surface area contributed by atoms with Gasteiger partial charge in [-0.3, -0.25) is 0 Å². The average Bonchev–Trinajstić information content (AvgIpc) is 2.81. The summed E-state index contributed by atoms with van der Waals surface area (Å²) in [5.41, 5.74) is 1.11. The second-order valence-electron chi connectivity index (χ2n) is 3.97. The topological polar surface area (TPSA) is 52.6 Å². The summed E-state index contributed by atoms with van der Waals surface area (Å²) in [5, 5.41) is 0.409. The van der Waals surface area contributed by atoms with Gasteiger partial charge in [0.1, 0.15) is 16.7 Å². The van der Waals surface area contributed by atoms with E-state index in [1.807, 2.05) is 31.2 Å². The molecule has 0 bridgehead atoms. The maximum atomic E-state index is 11.6. The van der Waals surface area contributed by atoms with Gasteiger partial charge in [0.15, 0.2) is 0 Å². The Kier molecular flexibility index (Phi) is 2.41. The standard InChI is InChI=1S/C14H10O4/c1-9-2-4-10(5-3-9)17-13-8-12-11(6-7-16-12)14(15)18-13/h2-8H,1H3. The van der Waals surface area contributed by atoms with Crippen molar-refractivity contribution in [2.45, 2.75) is 6.92 Å². The molecular formula is C14H10O4. The van der Waals surface area contributed by atoms with Gasteiger partial charge in [-0.05, 0) is 25.1 Å². The average molecular weight is 242 g/mol. The third-order valence-electron chi connectivity index (χ3n) is 2.60. The maximum absolute atomic E-state index is 11.6. The molecule has 0 radical (unpaired) electrons. The third-order valence-corrected chi connectivity index (χ3v) is 2.60. The number of benzene rings is 1. The lowest BCUT2D eigenvalue weighted by Crippen LogP contribution is -1.98. The fourth-order valence-corrected chi connectivity index (χ4v) is 1.66. The summed E-state index contributed by atoms with van der Waals surface area (Å²) in [6.07, 6.45) is 1.44. The van der Waals surface area contributed by atoms with E-state index in [0.717, 1.165) is 5.56 Å². The fourth-order valence-electron chi connectivity index (χ4n) is 1.66. The zero-order valence-electron chi connectivity index (χ0n) is 9.67. The largest absolute Gasteiger partial charge is 0.464 e. The van der Waals surface area contributed by atoms with Crippen LogP contribution in [-0.2, 0) is 0 Å². The van der Waals surface area contributed by atoms with Gasteiger partial charge in [0, 0.05) is 0 Å². The maximum Gasteiger partial charge on any atom is 0.349 e. The highest BCUT2D eigenvalue weighted by atomic mass is 16.6. The predicted molar refractivity (Wildman–Crippen MR) is 66.0 cm³/mol. The van der Waals surface area contributed by atoms with Gasteiger partial charge in [0.05, 0.1) is 12.3 Å².